The van der Waals surface area contributed by atoms with Crippen molar-refractivity contribution < 1.29 is 14.3 Å². The number of hydrogen-bond acceptors (Lipinski definition) is 2. The van der Waals surface area contributed by atoms with Crippen LogP contribution in [0.2, 0.25) is 0 Å². The predicted molar refractivity (Wildman–Crippen MR) is 78.7 cm³/mol. The van der Waals surface area contributed by atoms with Gasteiger partial charge in [-0.15, -0.1) is 0 Å². The van der Waals surface area contributed by atoms with Gasteiger partial charge in [0.1, 0.15) is 11.6 Å². The number of carbonyl (C=O) groups is 1. The Morgan fingerprint density at radius 2 is 1.76 bits per heavy atom. The summed E-state index contributed by atoms with van der Waals surface area (Å²) in [7, 11) is 0. The molecule has 4 heteroatoms. The Hall–Kier alpha value is -1.58. The summed E-state index contributed by atoms with van der Waals surface area (Å²) < 4.78 is 13.8. The average Bonchev–Trinajstić information content (AvgIpc) is 2.48. The van der Waals surface area contributed by atoms with Crippen LogP contribution < -0.4 is 0 Å². The lowest BCUT2D eigenvalue weighted by Crippen LogP contribution is -2.44. The van der Waals surface area contributed by atoms with Gasteiger partial charge in [-0.2, -0.15) is 0 Å². The summed E-state index contributed by atoms with van der Waals surface area (Å²) in [6.45, 7) is 1.44. The van der Waals surface area contributed by atoms with Crippen molar-refractivity contribution >= 4 is 5.91 Å². The predicted octanol–water partition coefficient (Wildman–Crippen LogP) is 3.72. The van der Waals surface area contributed by atoms with Crippen LogP contribution in [0.25, 0.3) is 0 Å². The summed E-state index contributed by atoms with van der Waals surface area (Å²) in [5.74, 6) is -1.04. The molecular formula is C17H22FNO2. The molecule has 0 aromatic heterocycles. The van der Waals surface area contributed by atoms with E-state index in [1.807, 2.05) is 0 Å². The third kappa shape index (κ3) is 2.89. The molecule has 1 heterocycles. The maximum Gasteiger partial charge on any atom is 0.256 e. The van der Waals surface area contributed by atoms with Crippen LogP contribution in [0.4, 0.5) is 4.39 Å². The SMILES string of the molecule is O=C(c1ccc(O)cc1F)N1CCC2(CCCCC2)CC1. The molecule has 1 aliphatic carbocycles. The van der Waals surface area contributed by atoms with Crippen molar-refractivity contribution in [2.45, 2.75) is 44.9 Å². The van der Waals surface area contributed by atoms with E-state index in [1.54, 1.807) is 4.90 Å². The van der Waals surface area contributed by atoms with Crippen molar-refractivity contribution in [2.75, 3.05) is 13.1 Å². The Bertz CT molecular complexity index is 528. The molecule has 3 nitrogen and oxygen atoms in total. The van der Waals surface area contributed by atoms with Crippen LogP contribution in [0.5, 0.6) is 5.75 Å². The smallest absolute Gasteiger partial charge is 0.256 e. The average molecular weight is 291 g/mol. The van der Waals surface area contributed by atoms with Crippen molar-refractivity contribution in [3.8, 4) is 5.75 Å². The van der Waals surface area contributed by atoms with Crippen LogP contribution in [-0.4, -0.2) is 29.0 Å². The molecule has 1 N–H and O–H groups in total. The van der Waals surface area contributed by atoms with Crippen molar-refractivity contribution in [1.82, 2.24) is 4.90 Å². The van der Waals surface area contributed by atoms with Gasteiger partial charge < -0.3 is 10.0 Å². The van der Waals surface area contributed by atoms with E-state index in [1.165, 1.54) is 44.2 Å². The van der Waals surface area contributed by atoms with E-state index >= 15 is 0 Å². The fraction of sp³-hybridized carbons (Fsp3) is 0.588. The molecule has 1 spiro atoms. The van der Waals surface area contributed by atoms with Crippen molar-refractivity contribution in [2.24, 2.45) is 5.41 Å². The van der Waals surface area contributed by atoms with Crippen LogP contribution in [0.15, 0.2) is 18.2 Å². The number of carbonyl (C=O) groups excluding carboxylic acids is 1. The summed E-state index contributed by atoms with van der Waals surface area (Å²) in [6.07, 6.45) is 8.59. The Labute approximate surface area is 124 Å². The van der Waals surface area contributed by atoms with Crippen LogP contribution in [0.3, 0.4) is 0 Å². The quantitative estimate of drug-likeness (QED) is 0.856. The number of phenolic OH excluding ortho intramolecular Hbond substituents is 1. The number of amides is 1. The minimum atomic E-state index is -0.641. The fourth-order valence-corrected chi connectivity index (χ4v) is 3.83. The zero-order chi connectivity index (χ0) is 14.9. The highest BCUT2D eigenvalue weighted by Crippen LogP contribution is 2.44. The molecule has 1 aromatic carbocycles. The van der Waals surface area contributed by atoms with E-state index < -0.39 is 5.82 Å². The van der Waals surface area contributed by atoms with Gasteiger partial charge in [-0.05, 0) is 43.2 Å². The molecule has 3 rings (SSSR count). The number of rotatable bonds is 1. The standard InChI is InChI=1S/C17H22FNO2/c18-15-12-13(20)4-5-14(15)16(21)19-10-8-17(9-11-19)6-2-1-3-7-17/h4-5,12,20H,1-3,6-11H2. The first-order valence-electron chi connectivity index (χ1n) is 7.88. The van der Waals surface area contributed by atoms with Gasteiger partial charge in [0, 0.05) is 19.2 Å². The molecule has 1 aliphatic heterocycles. The van der Waals surface area contributed by atoms with Gasteiger partial charge in [-0.25, -0.2) is 4.39 Å². The number of nitrogens with zero attached hydrogens (tertiary/aromatic N) is 1. The number of piperidine rings is 1. The van der Waals surface area contributed by atoms with Gasteiger partial charge in [0.25, 0.3) is 5.91 Å². The number of phenols is 1. The first kappa shape index (κ1) is 14.4. The van der Waals surface area contributed by atoms with Crippen LogP contribution in [-0.2, 0) is 0 Å². The minimum absolute atomic E-state index is 0.0624. The number of likely N-dealkylation sites (tertiary alicyclic amines) is 1. The Kier molecular flexibility index (Phi) is 3.87. The van der Waals surface area contributed by atoms with Crippen LogP contribution in [0, 0.1) is 11.2 Å². The highest BCUT2D eigenvalue weighted by Gasteiger charge is 2.37. The number of hydrogen-bond donors (Lipinski definition) is 1. The maximum atomic E-state index is 13.8. The largest absolute Gasteiger partial charge is 0.508 e. The summed E-state index contributed by atoms with van der Waals surface area (Å²) in [4.78, 5) is 14.2. The second-order valence-electron chi connectivity index (χ2n) is 6.52. The third-order valence-corrected chi connectivity index (χ3v) is 5.21. The second kappa shape index (κ2) is 5.66. The molecule has 1 saturated carbocycles. The van der Waals surface area contributed by atoms with Gasteiger partial charge in [-0.3, -0.25) is 4.79 Å². The van der Waals surface area contributed by atoms with Gasteiger partial charge in [0.2, 0.25) is 0 Å². The third-order valence-electron chi connectivity index (χ3n) is 5.21. The lowest BCUT2D eigenvalue weighted by atomic mass is 9.68. The van der Waals surface area contributed by atoms with E-state index in [0.29, 0.717) is 5.41 Å². The Morgan fingerprint density at radius 3 is 2.38 bits per heavy atom. The first-order valence-corrected chi connectivity index (χ1v) is 7.88. The van der Waals surface area contributed by atoms with Gasteiger partial charge in [0.05, 0.1) is 5.56 Å². The minimum Gasteiger partial charge on any atom is -0.508 e. The maximum absolute atomic E-state index is 13.8. The number of aromatic hydroxyl groups is 1. The molecular weight excluding hydrogens is 269 g/mol. The highest BCUT2D eigenvalue weighted by atomic mass is 19.1. The molecule has 0 unspecified atom stereocenters. The van der Waals surface area contributed by atoms with E-state index in [9.17, 15) is 14.3 Å². The normalized spacial score (nSPS) is 21.5. The van der Waals surface area contributed by atoms with Crippen molar-refractivity contribution in [3.05, 3.63) is 29.6 Å². The number of halogens is 1. The molecule has 0 bridgehead atoms. The summed E-state index contributed by atoms with van der Waals surface area (Å²) >= 11 is 0. The van der Waals surface area contributed by atoms with Crippen molar-refractivity contribution in [1.29, 1.82) is 0 Å². The zero-order valence-corrected chi connectivity index (χ0v) is 12.3. The molecule has 0 atom stereocenters. The topological polar surface area (TPSA) is 40.5 Å². The highest BCUT2D eigenvalue weighted by molar-refractivity contribution is 5.94. The second-order valence-corrected chi connectivity index (χ2v) is 6.52. The molecule has 0 radical (unpaired) electrons. The molecule has 2 aliphatic rings. The zero-order valence-electron chi connectivity index (χ0n) is 12.3. The molecule has 1 saturated heterocycles. The van der Waals surface area contributed by atoms with Gasteiger partial charge in [-0.1, -0.05) is 19.3 Å². The van der Waals surface area contributed by atoms with E-state index in [-0.39, 0.29) is 17.2 Å². The van der Waals surface area contributed by atoms with E-state index in [0.717, 1.165) is 32.0 Å². The Balaban J connectivity index is 1.67. The lowest BCUT2D eigenvalue weighted by molar-refractivity contribution is 0.0468. The molecule has 1 amide bonds. The summed E-state index contributed by atoms with van der Waals surface area (Å²) in [6, 6.07) is 3.74. The Morgan fingerprint density at radius 1 is 1.10 bits per heavy atom. The molecule has 1 aromatic rings. The first-order chi connectivity index (χ1) is 10.1. The number of benzene rings is 1. The van der Waals surface area contributed by atoms with Gasteiger partial charge in [0.15, 0.2) is 0 Å². The van der Waals surface area contributed by atoms with Crippen LogP contribution in [0.1, 0.15) is 55.3 Å². The summed E-state index contributed by atoms with van der Waals surface area (Å²) in [5, 5.41) is 9.23. The van der Waals surface area contributed by atoms with E-state index in [2.05, 4.69) is 0 Å². The van der Waals surface area contributed by atoms with E-state index in [4.69, 9.17) is 0 Å². The summed E-state index contributed by atoms with van der Waals surface area (Å²) in [5.41, 5.74) is 0.495. The van der Waals surface area contributed by atoms with Crippen molar-refractivity contribution in [3.63, 3.8) is 0 Å². The molecule has 21 heavy (non-hydrogen) atoms. The molecule has 114 valence electrons. The van der Waals surface area contributed by atoms with Crippen LogP contribution >= 0.6 is 0 Å². The molecule has 2 fully saturated rings. The van der Waals surface area contributed by atoms with Gasteiger partial charge >= 0.3 is 0 Å². The lowest BCUT2D eigenvalue weighted by Gasteiger charge is -2.44. The fourth-order valence-electron chi connectivity index (χ4n) is 3.83. The monoisotopic (exact) mass is 291 g/mol.